The van der Waals surface area contributed by atoms with Crippen LogP contribution in [-0.2, 0) is 6.54 Å². The molecule has 2 aromatic carbocycles. The number of nitrogens with one attached hydrogen (secondary N) is 1. The highest BCUT2D eigenvalue weighted by Crippen LogP contribution is 2.26. The minimum Gasteiger partial charge on any atom is -0.381 e. The molecule has 0 saturated carbocycles. The van der Waals surface area contributed by atoms with Crippen LogP contribution in [0.5, 0.6) is 0 Å². The second kappa shape index (κ2) is 5.68. The van der Waals surface area contributed by atoms with Crippen LogP contribution in [0.2, 0.25) is 0 Å². The molecule has 0 aliphatic rings. The normalized spacial score (nSPS) is 10.8. The Bertz CT molecular complexity index is 671. The van der Waals surface area contributed by atoms with Gasteiger partial charge >= 0.3 is 0 Å². The maximum Gasteiger partial charge on any atom is 0.0415 e. The summed E-state index contributed by atoms with van der Waals surface area (Å²) in [5.41, 5.74) is 2.54. The van der Waals surface area contributed by atoms with E-state index in [1.807, 2.05) is 11.3 Å². The van der Waals surface area contributed by atoms with Gasteiger partial charge in [-0.15, -0.1) is 23.1 Å². The lowest BCUT2D eigenvalue weighted by Gasteiger charge is -2.06. The third-order valence-corrected chi connectivity index (χ3v) is 4.89. The van der Waals surface area contributed by atoms with E-state index in [-0.39, 0.29) is 0 Å². The molecule has 0 unspecified atom stereocenters. The van der Waals surface area contributed by atoms with Crippen molar-refractivity contribution < 1.29 is 0 Å². The first kappa shape index (κ1) is 12.6. The number of rotatable bonds is 4. The SMILES string of the molecule is CSc1ccc(NCc2csc3ccccc23)cc1. The molecular weight excluding hydrogens is 270 g/mol. The molecule has 0 radical (unpaired) electrons. The van der Waals surface area contributed by atoms with Gasteiger partial charge in [0.05, 0.1) is 0 Å². The molecule has 0 saturated heterocycles. The zero-order valence-corrected chi connectivity index (χ0v) is 12.4. The molecule has 1 heterocycles. The van der Waals surface area contributed by atoms with E-state index in [1.54, 1.807) is 11.8 Å². The zero-order valence-electron chi connectivity index (χ0n) is 10.7. The summed E-state index contributed by atoms with van der Waals surface area (Å²) in [7, 11) is 0. The van der Waals surface area contributed by atoms with E-state index in [2.05, 4.69) is 65.5 Å². The summed E-state index contributed by atoms with van der Waals surface area (Å²) in [5, 5.41) is 7.09. The van der Waals surface area contributed by atoms with Gasteiger partial charge in [0.1, 0.15) is 0 Å². The Morgan fingerprint density at radius 3 is 2.63 bits per heavy atom. The van der Waals surface area contributed by atoms with Crippen molar-refractivity contribution in [2.24, 2.45) is 0 Å². The number of benzene rings is 2. The van der Waals surface area contributed by atoms with Crippen LogP contribution >= 0.6 is 23.1 Å². The second-order valence-electron chi connectivity index (χ2n) is 4.34. The first-order chi connectivity index (χ1) is 9.36. The van der Waals surface area contributed by atoms with Gasteiger partial charge < -0.3 is 5.32 Å². The predicted octanol–water partition coefficient (Wildman–Crippen LogP) is 5.24. The van der Waals surface area contributed by atoms with E-state index < -0.39 is 0 Å². The Morgan fingerprint density at radius 1 is 1.05 bits per heavy atom. The lowest BCUT2D eigenvalue weighted by atomic mass is 10.2. The van der Waals surface area contributed by atoms with Crippen molar-refractivity contribution in [1.82, 2.24) is 0 Å². The van der Waals surface area contributed by atoms with Gasteiger partial charge in [0.25, 0.3) is 0 Å². The fourth-order valence-electron chi connectivity index (χ4n) is 2.08. The first-order valence-corrected chi connectivity index (χ1v) is 8.30. The largest absolute Gasteiger partial charge is 0.381 e. The molecular formula is C16H15NS2. The van der Waals surface area contributed by atoms with Crippen LogP contribution < -0.4 is 5.32 Å². The van der Waals surface area contributed by atoms with Gasteiger partial charge in [0, 0.05) is 21.8 Å². The van der Waals surface area contributed by atoms with Crippen LogP contribution in [-0.4, -0.2) is 6.26 Å². The second-order valence-corrected chi connectivity index (χ2v) is 6.13. The number of thioether (sulfide) groups is 1. The summed E-state index contributed by atoms with van der Waals surface area (Å²) in [5.74, 6) is 0. The Hall–Kier alpha value is -1.45. The van der Waals surface area contributed by atoms with Crippen molar-refractivity contribution in [2.75, 3.05) is 11.6 Å². The molecule has 1 N–H and O–H groups in total. The Balaban J connectivity index is 1.74. The van der Waals surface area contributed by atoms with E-state index in [1.165, 1.54) is 26.2 Å². The van der Waals surface area contributed by atoms with Gasteiger partial charge in [-0.05, 0) is 52.9 Å². The number of hydrogen-bond donors (Lipinski definition) is 1. The maximum atomic E-state index is 3.49. The topological polar surface area (TPSA) is 12.0 Å². The van der Waals surface area contributed by atoms with E-state index in [4.69, 9.17) is 0 Å². The van der Waals surface area contributed by atoms with Crippen LogP contribution in [0.3, 0.4) is 0 Å². The molecule has 3 heteroatoms. The molecule has 0 bridgehead atoms. The molecule has 1 nitrogen and oxygen atoms in total. The molecule has 0 aliphatic carbocycles. The molecule has 3 aromatic rings. The van der Waals surface area contributed by atoms with Crippen LogP contribution in [0.1, 0.15) is 5.56 Å². The Kier molecular flexibility index (Phi) is 3.76. The third kappa shape index (κ3) is 2.77. The third-order valence-electron chi connectivity index (χ3n) is 3.13. The highest BCUT2D eigenvalue weighted by atomic mass is 32.2. The smallest absolute Gasteiger partial charge is 0.0415 e. The lowest BCUT2D eigenvalue weighted by Crippen LogP contribution is -1.98. The zero-order chi connectivity index (χ0) is 13.1. The van der Waals surface area contributed by atoms with Crippen molar-refractivity contribution >= 4 is 38.9 Å². The molecule has 19 heavy (non-hydrogen) atoms. The van der Waals surface area contributed by atoms with Crippen molar-refractivity contribution in [3.63, 3.8) is 0 Å². The predicted molar refractivity (Wildman–Crippen MR) is 87.4 cm³/mol. The Labute approximate surface area is 121 Å². The molecule has 96 valence electrons. The highest BCUT2D eigenvalue weighted by Gasteiger charge is 2.02. The molecule has 3 rings (SSSR count). The number of thiophene rings is 1. The van der Waals surface area contributed by atoms with Crippen LogP contribution in [0, 0.1) is 0 Å². The summed E-state index contributed by atoms with van der Waals surface area (Å²) in [6, 6.07) is 17.2. The lowest BCUT2D eigenvalue weighted by molar-refractivity contribution is 1.17. The Morgan fingerprint density at radius 2 is 1.84 bits per heavy atom. The first-order valence-electron chi connectivity index (χ1n) is 6.20. The van der Waals surface area contributed by atoms with Gasteiger partial charge in [-0.3, -0.25) is 0 Å². The van der Waals surface area contributed by atoms with Crippen LogP contribution in [0.15, 0.2) is 58.8 Å². The van der Waals surface area contributed by atoms with Gasteiger partial charge in [-0.2, -0.15) is 0 Å². The van der Waals surface area contributed by atoms with Gasteiger partial charge in [-0.25, -0.2) is 0 Å². The van der Waals surface area contributed by atoms with Crippen molar-refractivity contribution in [3.05, 3.63) is 59.5 Å². The molecule has 0 atom stereocenters. The summed E-state index contributed by atoms with van der Waals surface area (Å²) >= 11 is 3.58. The van der Waals surface area contributed by atoms with E-state index in [0.717, 1.165) is 6.54 Å². The fourth-order valence-corrected chi connectivity index (χ4v) is 3.45. The monoisotopic (exact) mass is 285 g/mol. The average molecular weight is 285 g/mol. The number of anilines is 1. The molecule has 0 aliphatic heterocycles. The summed E-state index contributed by atoms with van der Waals surface area (Å²) in [6.45, 7) is 0.878. The van der Waals surface area contributed by atoms with E-state index in [0.29, 0.717) is 0 Å². The van der Waals surface area contributed by atoms with Gasteiger partial charge in [0.15, 0.2) is 0 Å². The highest BCUT2D eigenvalue weighted by molar-refractivity contribution is 7.98. The number of hydrogen-bond acceptors (Lipinski definition) is 3. The standard InChI is InChI=1S/C16H15NS2/c1-18-14-8-6-13(7-9-14)17-10-12-11-19-16-5-3-2-4-15(12)16/h2-9,11,17H,10H2,1H3. The minimum atomic E-state index is 0.878. The molecule has 0 spiro atoms. The molecule has 0 amide bonds. The van der Waals surface area contributed by atoms with Gasteiger partial charge in [-0.1, -0.05) is 18.2 Å². The summed E-state index contributed by atoms with van der Waals surface area (Å²) in [6.07, 6.45) is 2.10. The average Bonchev–Trinajstić information content (AvgIpc) is 2.89. The summed E-state index contributed by atoms with van der Waals surface area (Å²) in [4.78, 5) is 1.30. The van der Waals surface area contributed by atoms with Crippen LogP contribution in [0.4, 0.5) is 5.69 Å². The maximum absolute atomic E-state index is 3.49. The summed E-state index contributed by atoms with van der Waals surface area (Å²) < 4.78 is 1.36. The minimum absolute atomic E-state index is 0.878. The van der Waals surface area contributed by atoms with Crippen molar-refractivity contribution in [2.45, 2.75) is 11.4 Å². The molecule has 0 fully saturated rings. The van der Waals surface area contributed by atoms with E-state index >= 15 is 0 Å². The number of fused-ring (bicyclic) bond motifs is 1. The molecule has 1 aromatic heterocycles. The van der Waals surface area contributed by atoms with Crippen LogP contribution in [0.25, 0.3) is 10.1 Å². The quantitative estimate of drug-likeness (QED) is 0.658. The van der Waals surface area contributed by atoms with E-state index in [9.17, 15) is 0 Å². The van der Waals surface area contributed by atoms with Crippen molar-refractivity contribution in [1.29, 1.82) is 0 Å². The van der Waals surface area contributed by atoms with Gasteiger partial charge in [0.2, 0.25) is 0 Å². The fraction of sp³-hybridized carbons (Fsp3) is 0.125. The van der Waals surface area contributed by atoms with Crippen molar-refractivity contribution in [3.8, 4) is 0 Å².